The van der Waals surface area contributed by atoms with Crippen LogP contribution in [0.15, 0.2) is 89.4 Å². The quantitative estimate of drug-likeness (QED) is 0.234. The highest BCUT2D eigenvalue weighted by Crippen LogP contribution is 2.33. The van der Waals surface area contributed by atoms with E-state index in [-0.39, 0.29) is 25.0 Å². The van der Waals surface area contributed by atoms with E-state index in [0.29, 0.717) is 27.8 Å². The van der Waals surface area contributed by atoms with E-state index >= 15 is 0 Å². The first-order valence-corrected chi connectivity index (χ1v) is 13.2. The maximum absolute atomic E-state index is 13.7. The second kappa shape index (κ2) is 12.5. The van der Waals surface area contributed by atoms with Gasteiger partial charge >= 0.3 is 0 Å². The Kier molecular flexibility index (Phi) is 9.09. The Morgan fingerprint density at radius 1 is 0.919 bits per heavy atom. The van der Waals surface area contributed by atoms with Gasteiger partial charge in [0.15, 0.2) is 6.61 Å². The number of hydrogen-bond donors (Lipinski definition) is 1. The number of benzene rings is 4. The van der Waals surface area contributed by atoms with Crippen molar-refractivity contribution in [2.45, 2.75) is 19.0 Å². The topological polar surface area (TPSA) is 58.6 Å². The lowest BCUT2D eigenvalue weighted by molar-refractivity contribution is -0.142. The molecule has 0 radical (unpaired) electrons. The van der Waals surface area contributed by atoms with Gasteiger partial charge in [-0.25, -0.2) is 0 Å². The molecule has 0 saturated heterocycles. The van der Waals surface area contributed by atoms with E-state index in [9.17, 15) is 9.59 Å². The summed E-state index contributed by atoms with van der Waals surface area (Å²) in [5.74, 6) is -0.143. The lowest BCUT2D eigenvalue weighted by atomic mass is 10.0. The third kappa shape index (κ3) is 6.45. The Balaban J connectivity index is 1.65. The van der Waals surface area contributed by atoms with Crippen LogP contribution in [-0.2, 0) is 22.6 Å². The van der Waals surface area contributed by atoms with Crippen LogP contribution in [0.1, 0.15) is 11.1 Å². The summed E-state index contributed by atoms with van der Waals surface area (Å²) in [6.07, 6.45) is 0.313. The van der Waals surface area contributed by atoms with Crippen molar-refractivity contribution >= 4 is 61.7 Å². The van der Waals surface area contributed by atoms with Crippen molar-refractivity contribution in [2.75, 3.05) is 13.7 Å². The maximum Gasteiger partial charge on any atom is 0.261 e. The van der Waals surface area contributed by atoms with E-state index in [1.165, 1.54) is 4.90 Å². The molecule has 190 valence electrons. The predicted octanol–water partition coefficient (Wildman–Crippen LogP) is 6.67. The van der Waals surface area contributed by atoms with Crippen molar-refractivity contribution in [2.24, 2.45) is 0 Å². The van der Waals surface area contributed by atoms with Crippen LogP contribution >= 0.6 is 39.1 Å². The molecular weight excluding hydrogens is 575 g/mol. The molecule has 0 aliphatic carbocycles. The summed E-state index contributed by atoms with van der Waals surface area (Å²) in [4.78, 5) is 28.2. The molecule has 4 aromatic carbocycles. The van der Waals surface area contributed by atoms with Crippen molar-refractivity contribution in [3.8, 4) is 5.75 Å². The normalized spacial score (nSPS) is 11.7. The summed E-state index contributed by atoms with van der Waals surface area (Å²) in [5.41, 5.74) is 1.48. The SMILES string of the molecule is CNC(=O)C(Cc1ccccc1)N(Cc1c(Cl)cccc1Cl)C(=O)COc1ccc2ccccc2c1Br. The fourth-order valence-corrected chi connectivity index (χ4v) is 5.25. The van der Waals surface area contributed by atoms with Crippen molar-refractivity contribution < 1.29 is 14.3 Å². The molecule has 5 nitrogen and oxygen atoms in total. The first-order valence-electron chi connectivity index (χ1n) is 11.7. The number of rotatable bonds is 9. The molecule has 1 unspecified atom stereocenters. The van der Waals surface area contributed by atoms with E-state index in [1.54, 1.807) is 25.2 Å². The molecule has 0 aliphatic rings. The van der Waals surface area contributed by atoms with E-state index in [4.69, 9.17) is 27.9 Å². The molecule has 4 aromatic rings. The fraction of sp³-hybridized carbons (Fsp3) is 0.172. The van der Waals surface area contributed by atoms with Crippen molar-refractivity contribution in [3.05, 3.63) is 111 Å². The Bertz CT molecular complexity index is 1390. The lowest BCUT2D eigenvalue weighted by Gasteiger charge is -2.31. The van der Waals surface area contributed by atoms with Gasteiger partial charge in [-0.05, 0) is 50.5 Å². The first kappa shape index (κ1) is 27.0. The highest BCUT2D eigenvalue weighted by atomic mass is 79.9. The minimum Gasteiger partial charge on any atom is -0.483 e. The first-order chi connectivity index (χ1) is 17.9. The fourth-order valence-electron chi connectivity index (χ4n) is 4.12. The molecule has 1 atom stereocenters. The second-order valence-electron chi connectivity index (χ2n) is 8.43. The van der Waals surface area contributed by atoms with Crippen molar-refractivity contribution in [1.82, 2.24) is 10.2 Å². The molecule has 0 spiro atoms. The third-order valence-electron chi connectivity index (χ3n) is 6.09. The zero-order valence-electron chi connectivity index (χ0n) is 20.1. The predicted molar refractivity (Wildman–Crippen MR) is 152 cm³/mol. The average molecular weight is 600 g/mol. The summed E-state index contributed by atoms with van der Waals surface area (Å²) in [6, 6.07) is 25.5. The minimum absolute atomic E-state index is 0.0461. The largest absolute Gasteiger partial charge is 0.483 e. The van der Waals surface area contributed by atoms with Crippen LogP contribution in [0, 0.1) is 0 Å². The molecule has 0 aromatic heterocycles. The monoisotopic (exact) mass is 598 g/mol. The maximum atomic E-state index is 13.7. The van der Waals surface area contributed by atoms with Gasteiger partial charge in [0.25, 0.3) is 5.91 Å². The van der Waals surface area contributed by atoms with Gasteiger partial charge in [0.05, 0.1) is 4.47 Å². The van der Waals surface area contributed by atoms with Gasteiger partial charge in [-0.2, -0.15) is 0 Å². The zero-order chi connectivity index (χ0) is 26.4. The lowest BCUT2D eigenvalue weighted by Crippen LogP contribution is -2.51. The third-order valence-corrected chi connectivity index (χ3v) is 7.61. The highest BCUT2D eigenvalue weighted by molar-refractivity contribution is 9.10. The Morgan fingerprint density at radius 2 is 1.59 bits per heavy atom. The molecule has 2 amide bonds. The van der Waals surface area contributed by atoms with E-state index in [1.807, 2.05) is 66.7 Å². The molecule has 1 N–H and O–H groups in total. The number of carbonyl (C=O) groups excluding carboxylic acids is 2. The number of halogens is 3. The van der Waals surface area contributed by atoms with Gasteiger partial charge in [0.1, 0.15) is 11.8 Å². The van der Waals surface area contributed by atoms with Gasteiger partial charge in [-0.3, -0.25) is 9.59 Å². The standard InChI is InChI=1S/C29H25BrCl2N2O3/c1-33-29(36)25(16-19-8-3-2-4-9-19)34(17-22-23(31)12-7-13-24(22)32)27(35)18-37-26-15-14-20-10-5-6-11-21(20)28(26)30/h2-15,25H,16-18H2,1H3,(H,33,36). The molecule has 0 bridgehead atoms. The molecule has 0 saturated carbocycles. The molecular formula is C29H25BrCl2N2O3. The van der Waals surface area contributed by atoms with Crippen LogP contribution in [0.2, 0.25) is 10.0 Å². The van der Waals surface area contributed by atoms with Crippen molar-refractivity contribution in [3.63, 3.8) is 0 Å². The van der Waals surface area contributed by atoms with Crippen LogP contribution in [0.25, 0.3) is 10.8 Å². The van der Waals surface area contributed by atoms with Crippen LogP contribution in [0.3, 0.4) is 0 Å². The Hall–Kier alpha value is -3.06. The number of carbonyl (C=O) groups is 2. The Labute approximate surface area is 234 Å². The van der Waals surface area contributed by atoms with Gasteiger partial charge in [0, 0.05) is 35.6 Å². The molecule has 37 heavy (non-hydrogen) atoms. The van der Waals surface area contributed by atoms with Crippen LogP contribution in [0.4, 0.5) is 0 Å². The van der Waals surface area contributed by atoms with Gasteiger partial charge in [-0.15, -0.1) is 0 Å². The van der Waals surface area contributed by atoms with E-state index < -0.39 is 6.04 Å². The van der Waals surface area contributed by atoms with Crippen LogP contribution in [0.5, 0.6) is 5.75 Å². The molecule has 8 heteroatoms. The van der Waals surface area contributed by atoms with Gasteiger partial charge in [-0.1, -0.05) is 89.9 Å². The van der Waals surface area contributed by atoms with E-state index in [0.717, 1.165) is 20.8 Å². The van der Waals surface area contributed by atoms with Gasteiger partial charge in [0.2, 0.25) is 5.91 Å². The summed E-state index contributed by atoms with van der Waals surface area (Å²) in [7, 11) is 1.55. The minimum atomic E-state index is -0.809. The van der Waals surface area contributed by atoms with E-state index in [2.05, 4.69) is 21.2 Å². The number of likely N-dealkylation sites (N-methyl/N-ethyl adjacent to an activating group) is 1. The number of ether oxygens (including phenoxy) is 1. The van der Waals surface area contributed by atoms with Crippen molar-refractivity contribution in [1.29, 1.82) is 0 Å². The Morgan fingerprint density at radius 3 is 2.30 bits per heavy atom. The number of hydrogen-bond acceptors (Lipinski definition) is 3. The number of fused-ring (bicyclic) bond motifs is 1. The average Bonchev–Trinajstić information content (AvgIpc) is 2.92. The number of nitrogens with one attached hydrogen (secondary N) is 1. The number of nitrogens with zero attached hydrogens (tertiary/aromatic N) is 1. The van der Waals surface area contributed by atoms with Crippen LogP contribution < -0.4 is 10.1 Å². The summed E-state index contributed by atoms with van der Waals surface area (Å²) < 4.78 is 6.72. The molecule has 0 heterocycles. The van der Waals surface area contributed by atoms with Gasteiger partial charge < -0.3 is 15.0 Å². The molecule has 0 aliphatic heterocycles. The highest BCUT2D eigenvalue weighted by Gasteiger charge is 2.31. The smallest absolute Gasteiger partial charge is 0.261 e. The summed E-state index contributed by atoms with van der Waals surface area (Å²) in [6.45, 7) is -0.230. The summed E-state index contributed by atoms with van der Waals surface area (Å²) in [5, 5.41) is 5.54. The second-order valence-corrected chi connectivity index (χ2v) is 10.0. The summed E-state index contributed by atoms with van der Waals surface area (Å²) >= 11 is 16.5. The molecule has 0 fully saturated rings. The van der Waals surface area contributed by atoms with Crippen LogP contribution in [-0.4, -0.2) is 36.4 Å². The zero-order valence-corrected chi connectivity index (χ0v) is 23.2. The molecule has 4 rings (SSSR count). The number of amides is 2.